The Kier molecular flexibility index (Phi) is 4.60. The molecular formula is C22H23F3N2O. The van der Waals surface area contributed by atoms with E-state index in [-0.39, 0.29) is 34.9 Å². The number of amides is 1. The minimum Gasteiger partial charge on any atom is -0.361 e. The fraction of sp³-hybridized carbons (Fsp3) is 0.409. The highest BCUT2D eigenvalue weighted by Crippen LogP contribution is 2.44. The lowest BCUT2D eigenvalue weighted by atomic mass is 9.93. The number of hydrogen-bond donors (Lipinski definition) is 0. The summed E-state index contributed by atoms with van der Waals surface area (Å²) in [7, 11) is 0. The van der Waals surface area contributed by atoms with Crippen molar-refractivity contribution in [1.29, 1.82) is 0 Å². The zero-order valence-electron chi connectivity index (χ0n) is 16.0. The molecule has 2 aromatic carbocycles. The van der Waals surface area contributed by atoms with Crippen LogP contribution in [0.5, 0.6) is 0 Å². The molecular weight excluding hydrogens is 365 g/mol. The van der Waals surface area contributed by atoms with Crippen molar-refractivity contribution in [2.24, 2.45) is 0 Å². The van der Waals surface area contributed by atoms with Gasteiger partial charge in [-0.25, -0.2) is 13.2 Å². The van der Waals surface area contributed by atoms with Gasteiger partial charge in [0.2, 0.25) is 0 Å². The molecule has 2 heterocycles. The van der Waals surface area contributed by atoms with E-state index in [0.29, 0.717) is 6.54 Å². The summed E-state index contributed by atoms with van der Waals surface area (Å²) in [5.41, 5.74) is 0.696. The van der Waals surface area contributed by atoms with E-state index < -0.39 is 11.6 Å². The first-order valence-corrected chi connectivity index (χ1v) is 9.59. The monoisotopic (exact) mass is 388 g/mol. The molecule has 0 aromatic heterocycles. The molecule has 2 aliphatic rings. The molecule has 2 aromatic rings. The van der Waals surface area contributed by atoms with Gasteiger partial charge >= 0.3 is 0 Å². The maximum Gasteiger partial charge on any atom is 0.254 e. The van der Waals surface area contributed by atoms with E-state index in [2.05, 4.69) is 18.7 Å². The predicted molar refractivity (Wildman–Crippen MR) is 102 cm³/mol. The van der Waals surface area contributed by atoms with Crippen LogP contribution in [-0.2, 0) is 0 Å². The summed E-state index contributed by atoms with van der Waals surface area (Å²) in [6.07, 6.45) is 2.42. The lowest BCUT2D eigenvalue weighted by Crippen LogP contribution is -2.52. The van der Waals surface area contributed by atoms with E-state index in [4.69, 9.17) is 0 Å². The van der Waals surface area contributed by atoms with E-state index in [0.717, 1.165) is 37.1 Å². The fourth-order valence-corrected chi connectivity index (χ4v) is 4.86. The number of anilines is 1. The Balaban J connectivity index is 1.66. The molecule has 0 radical (unpaired) electrons. The fourth-order valence-electron chi connectivity index (χ4n) is 4.86. The van der Waals surface area contributed by atoms with E-state index in [1.807, 2.05) is 6.07 Å². The number of rotatable bonds is 2. The van der Waals surface area contributed by atoms with Gasteiger partial charge in [0.05, 0.1) is 12.1 Å². The summed E-state index contributed by atoms with van der Waals surface area (Å²) in [4.78, 5) is 17.1. The number of halogens is 3. The van der Waals surface area contributed by atoms with Crippen LogP contribution >= 0.6 is 0 Å². The Bertz CT molecular complexity index is 914. The summed E-state index contributed by atoms with van der Waals surface area (Å²) in [5.74, 6) is -2.56. The maximum absolute atomic E-state index is 13.8. The van der Waals surface area contributed by atoms with Gasteiger partial charge < -0.3 is 9.80 Å². The van der Waals surface area contributed by atoms with Gasteiger partial charge in [-0.2, -0.15) is 0 Å². The van der Waals surface area contributed by atoms with Gasteiger partial charge in [-0.1, -0.05) is 6.07 Å². The molecule has 0 spiro atoms. The molecule has 2 atom stereocenters. The van der Waals surface area contributed by atoms with Crippen LogP contribution in [-0.4, -0.2) is 35.0 Å². The van der Waals surface area contributed by atoms with Crippen LogP contribution in [0.25, 0.3) is 0 Å². The highest BCUT2D eigenvalue weighted by atomic mass is 19.2. The number of nitrogens with zero attached hydrogens (tertiary/aromatic N) is 2. The Morgan fingerprint density at radius 1 is 1.04 bits per heavy atom. The molecule has 28 heavy (non-hydrogen) atoms. The summed E-state index contributed by atoms with van der Waals surface area (Å²) in [6.45, 7) is 4.76. The van der Waals surface area contributed by atoms with Gasteiger partial charge in [0, 0.05) is 23.3 Å². The Morgan fingerprint density at radius 2 is 1.82 bits per heavy atom. The van der Waals surface area contributed by atoms with Crippen LogP contribution in [0.2, 0.25) is 0 Å². The third-order valence-electron chi connectivity index (χ3n) is 5.95. The largest absolute Gasteiger partial charge is 0.361 e. The van der Waals surface area contributed by atoms with Crippen LogP contribution in [0.15, 0.2) is 42.5 Å². The van der Waals surface area contributed by atoms with Crippen molar-refractivity contribution < 1.29 is 18.0 Å². The summed E-state index contributed by atoms with van der Waals surface area (Å²) in [5, 5.41) is 0. The van der Waals surface area contributed by atoms with E-state index in [9.17, 15) is 18.0 Å². The number of likely N-dealkylation sites (tertiary alicyclic amines) is 1. The molecule has 2 saturated heterocycles. The van der Waals surface area contributed by atoms with Crippen LogP contribution in [0.1, 0.15) is 43.5 Å². The highest BCUT2D eigenvalue weighted by molar-refractivity contribution is 5.94. The molecule has 4 rings (SSSR count). The zero-order chi connectivity index (χ0) is 20.1. The molecule has 0 saturated carbocycles. The van der Waals surface area contributed by atoms with Crippen molar-refractivity contribution in [3.8, 4) is 0 Å². The lowest BCUT2D eigenvalue weighted by Gasteiger charge is -2.42. The van der Waals surface area contributed by atoms with Crippen LogP contribution in [0.3, 0.4) is 0 Å². The summed E-state index contributed by atoms with van der Waals surface area (Å²) >= 11 is 0. The zero-order valence-corrected chi connectivity index (χ0v) is 16.0. The van der Waals surface area contributed by atoms with Crippen LogP contribution < -0.4 is 4.90 Å². The van der Waals surface area contributed by atoms with Crippen LogP contribution in [0, 0.1) is 17.5 Å². The van der Waals surface area contributed by atoms with Crippen molar-refractivity contribution in [3.05, 3.63) is 65.5 Å². The van der Waals surface area contributed by atoms with Gasteiger partial charge in [-0.15, -0.1) is 0 Å². The average Bonchev–Trinajstić information content (AvgIpc) is 2.93. The van der Waals surface area contributed by atoms with E-state index >= 15 is 0 Å². The molecule has 6 heteroatoms. The van der Waals surface area contributed by atoms with Gasteiger partial charge in [-0.3, -0.25) is 4.79 Å². The average molecular weight is 388 g/mol. The minimum absolute atomic E-state index is 0.0554. The SMILES string of the molecule is CC1(C)C[C@H]2[C@H](CCCN2C(=O)c2ccc(F)c(F)c2)N1c1cccc(F)c1. The van der Waals surface area contributed by atoms with Crippen molar-refractivity contribution in [2.75, 3.05) is 11.4 Å². The second-order valence-electron chi connectivity index (χ2n) is 8.27. The molecule has 0 aliphatic carbocycles. The molecule has 0 bridgehead atoms. The second-order valence-corrected chi connectivity index (χ2v) is 8.27. The van der Waals surface area contributed by atoms with Crippen molar-refractivity contribution >= 4 is 11.6 Å². The molecule has 0 N–H and O–H groups in total. The van der Waals surface area contributed by atoms with Gasteiger partial charge in [0.15, 0.2) is 11.6 Å². The van der Waals surface area contributed by atoms with E-state index in [1.165, 1.54) is 18.2 Å². The van der Waals surface area contributed by atoms with Crippen molar-refractivity contribution in [2.45, 2.75) is 50.7 Å². The topological polar surface area (TPSA) is 23.6 Å². The first-order chi connectivity index (χ1) is 13.3. The Labute approximate surface area is 162 Å². The normalized spacial score (nSPS) is 23.6. The number of fused-ring (bicyclic) bond motifs is 1. The Hall–Kier alpha value is -2.50. The summed E-state index contributed by atoms with van der Waals surface area (Å²) < 4.78 is 40.7. The third-order valence-corrected chi connectivity index (χ3v) is 5.95. The molecule has 2 aliphatic heterocycles. The number of carbonyl (C=O) groups is 1. The van der Waals surface area contributed by atoms with Crippen molar-refractivity contribution in [1.82, 2.24) is 4.90 Å². The van der Waals surface area contributed by atoms with Gasteiger partial charge in [0.1, 0.15) is 5.82 Å². The predicted octanol–water partition coefficient (Wildman–Crippen LogP) is 4.77. The molecule has 0 unspecified atom stereocenters. The molecule has 148 valence electrons. The standard InChI is InChI=1S/C22H23F3N2O/c1-22(2)13-20-19(27(22)16-6-3-5-15(23)12-16)7-4-10-26(20)21(28)14-8-9-17(24)18(25)11-14/h3,5-6,8-9,11-12,19-20H,4,7,10,13H2,1-2H3/t19-,20-/m0/s1. The van der Waals surface area contributed by atoms with Crippen LogP contribution in [0.4, 0.5) is 18.9 Å². The minimum atomic E-state index is -1.02. The first-order valence-electron chi connectivity index (χ1n) is 9.59. The highest BCUT2D eigenvalue weighted by Gasteiger charge is 2.50. The lowest BCUT2D eigenvalue weighted by molar-refractivity contribution is 0.0604. The van der Waals surface area contributed by atoms with Gasteiger partial charge in [-0.05, 0) is 69.5 Å². The second kappa shape index (κ2) is 6.83. The Morgan fingerprint density at radius 3 is 2.54 bits per heavy atom. The number of hydrogen-bond acceptors (Lipinski definition) is 2. The smallest absolute Gasteiger partial charge is 0.254 e. The first kappa shape index (κ1) is 18.8. The number of piperidine rings is 1. The van der Waals surface area contributed by atoms with Crippen molar-refractivity contribution in [3.63, 3.8) is 0 Å². The number of benzene rings is 2. The number of carbonyl (C=O) groups excluding carboxylic acids is 1. The third kappa shape index (κ3) is 3.15. The molecule has 3 nitrogen and oxygen atoms in total. The van der Waals surface area contributed by atoms with Gasteiger partial charge in [0.25, 0.3) is 5.91 Å². The van der Waals surface area contributed by atoms with E-state index in [1.54, 1.807) is 11.0 Å². The molecule has 2 fully saturated rings. The molecule has 1 amide bonds. The summed E-state index contributed by atoms with van der Waals surface area (Å²) in [6, 6.07) is 9.81. The quantitative estimate of drug-likeness (QED) is 0.740. The maximum atomic E-state index is 13.8.